The van der Waals surface area contributed by atoms with E-state index in [9.17, 15) is 14.8 Å². The summed E-state index contributed by atoms with van der Waals surface area (Å²) < 4.78 is 32.3. The molecule has 0 saturated carbocycles. The van der Waals surface area contributed by atoms with Gasteiger partial charge < -0.3 is 23.7 Å². The second kappa shape index (κ2) is 10.9. The van der Waals surface area contributed by atoms with E-state index in [-0.39, 0.29) is 13.2 Å². The van der Waals surface area contributed by atoms with E-state index in [0.717, 1.165) is 5.56 Å². The third-order valence-electron chi connectivity index (χ3n) is 6.90. The Bertz CT molecular complexity index is 1410. The fraction of sp³-hybridized carbons (Fsp3) is 0.429. The van der Waals surface area contributed by atoms with Crippen molar-refractivity contribution in [3.05, 3.63) is 81.0 Å². The molecule has 2 saturated heterocycles. The summed E-state index contributed by atoms with van der Waals surface area (Å²) in [7, 11) is 1.57. The summed E-state index contributed by atoms with van der Waals surface area (Å²) in [5.41, 5.74) is 3.24. The lowest BCUT2D eigenvalue weighted by atomic mass is 10.1. The number of fused-ring (bicyclic) bond motifs is 1. The highest BCUT2D eigenvalue weighted by Crippen LogP contribution is 2.43. The van der Waals surface area contributed by atoms with Crippen LogP contribution in [0.3, 0.4) is 0 Å². The molecule has 0 spiro atoms. The SMILES string of the molecule is CCOC[C@H]1O[C@@H](n2c(-c3ccc(NO)cc3)cc(=O)n(Cc3ccc(OC)cc3)c2=O)C2OC(C)(C)OC21. The van der Waals surface area contributed by atoms with Gasteiger partial charge in [-0.15, -0.1) is 0 Å². The van der Waals surface area contributed by atoms with Gasteiger partial charge in [-0.2, -0.15) is 0 Å². The summed E-state index contributed by atoms with van der Waals surface area (Å²) in [6, 6.07) is 15.3. The first-order valence-electron chi connectivity index (χ1n) is 12.8. The van der Waals surface area contributed by atoms with Crippen LogP contribution in [-0.2, 0) is 25.5 Å². The number of hydrogen-bond donors (Lipinski definition) is 2. The molecule has 3 heterocycles. The molecule has 2 unspecified atom stereocenters. The molecule has 11 heteroatoms. The zero-order valence-corrected chi connectivity index (χ0v) is 22.3. The van der Waals surface area contributed by atoms with Gasteiger partial charge in [0.2, 0.25) is 0 Å². The summed E-state index contributed by atoms with van der Waals surface area (Å²) in [6.07, 6.45) is -2.46. The summed E-state index contributed by atoms with van der Waals surface area (Å²) >= 11 is 0. The average Bonchev–Trinajstić information content (AvgIpc) is 3.42. The predicted molar refractivity (Wildman–Crippen MR) is 142 cm³/mol. The van der Waals surface area contributed by atoms with Crippen LogP contribution in [0.2, 0.25) is 0 Å². The predicted octanol–water partition coefficient (Wildman–Crippen LogP) is 2.99. The highest BCUT2D eigenvalue weighted by Gasteiger charge is 2.56. The van der Waals surface area contributed by atoms with Crippen LogP contribution in [0.5, 0.6) is 5.75 Å². The molecule has 2 fully saturated rings. The molecule has 2 aromatic carbocycles. The first-order valence-corrected chi connectivity index (χ1v) is 12.8. The Kier molecular flexibility index (Phi) is 7.61. The van der Waals surface area contributed by atoms with Crippen molar-refractivity contribution in [1.29, 1.82) is 0 Å². The number of hydrogen-bond acceptors (Lipinski definition) is 9. The van der Waals surface area contributed by atoms with Crippen LogP contribution in [0.15, 0.2) is 64.2 Å². The number of nitrogens with zero attached hydrogens (tertiary/aromatic N) is 2. The van der Waals surface area contributed by atoms with Crippen LogP contribution in [0.1, 0.15) is 32.6 Å². The van der Waals surface area contributed by atoms with Crippen molar-refractivity contribution in [2.24, 2.45) is 0 Å². The van der Waals surface area contributed by atoms with Crippen LogP contribution in [0.4, 0.5) is 5.69 Å². The first-order chi connectivity index (χ1) is 18.7. The minimum Gasteiger partial charge on any atom is -0.497 e. The first kappa shape index (κ1) is 27.1. The summed E-state index contributed by atoms with van der Waals surface area (Å²) in [6.45, 7) is 6.34. The van der Waals surface area contributed by atoms with E-state index in [4.69, 9.17) is 23.7 Å². The number of benzene rings is 2. The second-order valence-electron chi connectivity index (χ2n) is 9.93. The molecule has 2 aliphatic rings. The normalized spacial score (nSPS) is 23.5. The second-order valence-corrected chi connectivity index (χ2v) is 9.93. The fourth-order valence-electron chi connectivity index (χ4n) is 5.07. The quantitative estimate of drug-likeness (QED) is 0.395. The van der Waals surface area contributed by atoms with Crippen LogP contribution >= 0.6 is 0 Å². The molecule has 4 atom stereocenters. The van der Waals surface area contributed by atoms with Gasteiger partial charge in [-0.1, -0.05) is 24.3 Å². The fourth-order valence-corrected chi connectivity index (χ4v) is 5.07. The van der Waals surface area contributed by atoms with E-state index in [2.05, 4.69) is 5.48 Å². The third-order valence-corrected chi connectivity index (χ3v) is 6.90. The van der Waals surface area contributed by atoms with E-state index >= 15 is 0 Å². The summed E-state index contributed by atoms with van der Waals surface area (Å²) in [5, 5.41) is 9.25. The molecule has 0 bridgehead atoms. The van der Waals surface area contributed by atoms with Gasteiger partial charge in [-0.3, -0.25) is 24.6 Å². The molecular formula is C28H33N3O8. The monoisotopic (exact) mass is 539 g/mol. The Labute approximate surface area is 225 Å². The maximum atomic E-state index is 14.1. The summed E-state index contributed by atoms with van der Waals surface area (Å²) in [5.74, 6) is -0.219. The van der Waals surface area contributed by atoms with Crippen molar-refractivity contribution in [2.75, 3.05) is 25.8 Å². The smallest absolute Gasteiger partial charge is 0.334 e. The van der Waals surface area contributed by atoms with E-state index in [0.29, 0.717) is 29.3 Å². The molecule has 39 heavy (non-hydrogen) atoms. The number of aromatic nitrogens is 2. The molecule has 2 N–H and O–H groups in total. The molecule has 3 aromatic rings. The summed E-state index contributed by atoms with van der Waals surface area (Å²) in [4.78, 5) is 27.5. The molecule has 11 nitrogen and oxygen atoms in total. The van der Waals surface area contributed by atoms with E-state index in [1.54, 1.807) is 55.6 Å². The van der Waals surface area contributed by atoms with Gasteiger partial charge >= 0.3 is 5.69 Å². The largest absolute Gasteiger partial charge is 0.497 e. The topological polar surface area (TPSA) is 122 Å². The standard InChI is InChI=1S/C28H33N3O8/c1-5-36-16-22-24-25(39-28(2,3)38-24)26(37-22)31-21(18-8-10-19(29-34)11-9-18)14-23(32)30(27(31)33)15-17-6-12-20(35-4)13-7-17/h6-14,22,24-26,29,34H,5,15-16H2,1-4H3/t22-,24?,25?,26-/m1/s1. The van der Waals surface area contributed by atoms with Gasteiger partial charge in [0, 0.05) is 12.7 Å². The molecule has 0 radical (unpaired) electrons. The van der Waals surface area contributed by atoms with Gasteiger partial charge in [0.25, 0.3) is 5.56 Å². The van der Waals surface area contributed by atoms with E-state index in [1.807, 2.05) is 20.8 Å². The molecule has 2 aliphatic heterocycles. The molecule has 0 aliphatic carbocycles. The maximum absolute atomic E-state index is 14.1. The number of rotatable bonds is 9. The van der Waals surface area contributed by atoms with Crippen molar-refractivity contribution in [3.63, 3.8) is 0 Å². The lowest BCUT2D eigenvalue weighted by molar-refractivity contribution is -0.202. The lowest BCUT2D eigenvalue weighted by Crippen LogP contribution is -2.44. The Balaban J connectivity index is 1.64. The zero-order valence-electron chi connectivity index (χ0n) is 22.3. The van der Waals surface area contributed by atoms with Crippen molar-refractivity contribution < 1.29 is 28.9 Å². The van der Waals surface area contributed by atoms with Crippen molar-refractivity contribution in [2.45, 2.75) is 57.6 Å². The highest BCUT2D eigenvalue weighted by atomic mass is 16.8. The lowest BCUT2D eigenvalue weighted by Gasteiger charge is -2.27. The van der Waals surface area contributed by atoms with E-state index in [1.165, 1.54) is 15.2 Å². The third kappa shape index (κ3) is 5.36. The minimum atomic E-state index is -0.891. The van der Waals surface area contributed by atoms with Crippen LogP contribution < -0.4 is 21.5 Å². The van der Waals surface area contributed by atoms with Crippen LogP contribution in [0.25, 0.3) is 11.3 Å². The maximum Gasteiger partial charge on any atom is 0.334 e. The highest BCUT2D eigenvalue weighted by molar-refractivity contribution is 5.62. The molecule has 5 rings (SSSR count). The van der Waals surface area contributed by atoms with Gasteiger partial charge in [-0.05, 0) is 56.2 Å². The van der Waals surface area contributed by atoms with Gasteiger partial charge in [0.15, 0.2) is 12.0 Å². The van der Waals surface area contributed by atoms with Crippen molar-refractivity contribution >= 4 is 5.69 Å². The van der Waals surface area contributed by atoms with Crippen LogP contribution in [0, 0.1) is 0 Å². The average molecular weight is 540 g/mol. The van der Waals surface area contributed by atoms with Crippen molar-refractivity contribution in [1.82, 2.24) is 9.13 Å². The number of anilines is 1. The van der Waals surface area contributed by atoms with Crippen molar-refractivity contribution in [3.8, 4) is 17.0 Å². The number of nitrogens with one attached hydrogen (secondary N) is 1. The Morgan fingerprint density at radius 3 is 2.36 bits per heavy atom. The zero-order chi connectivity index (χ0) is 27.7. The Morgan fingerprint density at radius 1 is 1.03 bits per heavy atom. The van der Waals surface area contributed by atoms with Gasteiger partial charge in [0.1, 0.15) is 24.1 Å². The van der Waals surface area contributed by atoms with E-state index < -0.39 is 41.6 Å². The van der Waals surface area contributed by atoms with Gasteiger partial charge in [0.05, 0.1) is 31.6 Å². The minimum absolute atomic E-state index is 0.0569. The molecule has 0 amide bonds. The number of ether oxygens (including phenoxy) is 5. The molecule has 1 aromatic heterocycles. The molecular weight excluding hydrogens is 506 g/mol. The Hall–Kier alpha value is -3.48. The number of methoxy groups -OCH3 is 1. The van der Waals surface area contributed by atoms with Crippen LogP contribution in [-0.4, -0.2) is 58.8 Å². The van der Waals surface area contributed by atoms with Gasteiger partial charge in [-0.25, -0.2) is 4.79 Å². The Morgan fingerprint density at radius 2 is 1.72 bits per heavy atom. The molecule has 208 valence electrons.